The smallest absolute Gasteiger partial charge is 0.0611 e. The van der Waals surface area contributed by atoms with Gasteiger partial charge in [0.1, 0.15) is 0 Å². The van der Waals surface area contributed by atoms with Crippen LogP contribution in [0.5, 0.6) is 0 Å². The summed E-state index contributed by atoms with van der Waals surface area (Å²) in [6.07, 6.45) is 8.86. The van der Waals surface area contributed by atoms with Crippen LogP contribution < -0.4 is 5.32 Å². The number of aliphatic hydroxyl groups excluding tert-OH is 1. The summed E-state index contributed by atoms with van der Waals surface area (Å²) in [4.78, 5) is 0. The molecule has 3 atom stereocenters. The van der Waals surface area contributed by atoms with Crippen molar-refractivity contribution >= 4 is 0 Å². The lowest BCUT2D eigenvalue weighted by atomic mass is 9.85. The topological polar surface area (TPSA) is 41.5 Å². The van der Waals surface area contributed by atoms with Crippen molar-refractivity contribution in [1.29, 1.82) is 0 Å². The number of rotatable bonds is 9. The van der Waals surface area contributed by atoms with Crippen LogP contribution in [0.4, 0.5) is 0 Å². The molecule has 3 unspecified atom stereocenters. The van der Waals surface area contributed by atoms with Gasteiger partial charge in [-0.3, -0.25) is 0 Å². The van der Waals surface area contributed by atoms with Crippen molar-refractivity contribution in [1.82, 2.24) is 5.32 Å². The third-order valence-corrected chi connectivity index (χ3v) is 4.47. The van der Waals surface area contributed by atoms with Gasteiger partial charge < -0.3 is 15.2 Å². The molecule has 1 fully saturated rings. The van der Waals surface area contributed by atoms with Crippen molar-refractivity contribution < 1.29 is 9.84 Å². The Hall–Kier alpha value is -0.120. The van der Waals surface area contributed by atoms with Crippen LogP contribution in [0.1, 0.15) is 65.7 Å². The van der Waals surface area contributed by atoms with Crippen molar-refractivity contribution in [2.45, 2.75) is 77.4 Å². The fourth-order valence-corrected chi connectivity index (χ4v) is 2.86. The highest BCUT2D eigenvalue weighted by molar-refractivity contribution is 4.82. The van der Waals surface area contributed by atoms with E-state index in [2.05, 4.69) is 26.1 Å². The molecule has 0 aromatic heterocycles. The maximum Gasteiger partial charge on any atom is 0.0611 e. The fourth-order valence-electron chi connectivity index (χ4n) is 2.86. The summed E-state index contributed by atoms with van der Waals surface area (Å²) in [5.74, 6) is 0.862. The second kappa shape index (κ2) is 8.93. The van der Waals surface area contributed by atoms with E-state index >= 15 is 0 Å². The summed E-state index contributed by atoms with van der Waals surface area (Å²) in [6.45, 7) is 8.41. The summed E-state index contributed by atoms with van der Waals surface area (Å²) in [6, 6.07) is 0. The molecule has 1 aliphatic carbocycles. The molecule has 114 valence electrons. The number of aliphatic hydroxyl groups is 1. The van der Waals surface area contributed by atoms with E-state index in [0.717, 1.165) is 31.9 Å². The first kappa shape index (κ1) is 16.9. The minimum atomic E-state index is -0.186. The maximum atomic E-state index is 9.51. The lowest BCUT2D eigenvalue weighted by molar-refractivity contribution is -0.00165. The van der Waals surface area contributed by atoms with E-state index in [9.17, 15) is 5.11 Å². The highest BCUT2D eigenvalue weighted by atomic mass is 16.5. The fraction of sp³-hybridized carbons (Fsp3) is 1.00. The minimum Gasteiger partial charge on any atom is -0.394 e. The Morgan fingerprint density at radius 3 is 2.74 bits per heavy atom. The van der Waals surface area contributed by atoms with Crippen LogP contribution in [-0.4, -0.2) is 36.5 Å². The van der Waals surface area contributed by atoms with Gasteiger partial charge in [0.15, 0.2) is 0 Å². The molecule has 0 aromatic rings. The lowest BCUT2D eigenvalue weighted by Crippen LogP contribution is -2.47. The number of nitrogens with one attached hydrogen (secondary N) is 1. The zero-order chi connectivity index (χ0) is 14.1. The van der Waals surface area contributed by atoms with Crippen molar-refractivity contribution in [2.24, 2.45) is 5.92 Å². The van der Waals surface area contributed by atoms with Crippen LogP contribution in [0.3, 0.4) is 0 Å². The van der Waals surface area contributed by atoms with Gasteiger partial charge in [-0.2, -0.15) is 0 Å². The normalized spacial score (nSPS) is 27.2. The largest absolute Gasteiger partial charge is 0.394 e. The number of hydrogen-bond acceptors (Lipinski definition) is 3. The highest BCUT2D eigenvalue weighted by Crippen LogP contribution is 2.28. The summed E-state index contributed by atoms with van der Waals surface area (Å²) < 4.78 is 6.04. The average molecular weight is 271 g/mol. The van der Waals surface area contributed by atoms with Gasteiger partial charge in [0.25, 0.3) is 0 Å². The Balaban J connectivity index is 2.24. The molecule has 1 saturated carbocycles. The third kappa shape index (κ3) is 6.24. The molecular formula is C16H33NO2. The minimum absolute atomic E-state index is 0.179. The van der Waals surface area contributed by atoms with Gasteiger partial charge in [0.2, 0.25) is 0 Å². The molecule has 3 nitrogen and oxygen atoms in total. The molecule has 1 rings (SSSR count). The molecule has 0 aromatic carbocycles. The Morgan fingerprint density at radius 2 is 2.11 bits per heavy atom. The molecule has 2 N–H and O–H groups in total. The first-order valence-electron chi connectivity index (χ1n) is 8.11. The first-order valence-corrected chi connectivity index (χ1v) is 8.11. The van der Waals surface area contributed by atoms with Crippen LogP contribution in [0.2, 0.25) is 0 Å². The molecule has 3 heteroatoms. The van der Waals surface area contributed by atoms with E-state index < -0.39 is 0 Å². The SMILES string of the molecule is CCCNC(C)(CO)CCOC1CCCC(CC)C1. The van der Waals surface area contributed by atoms with Crippen LogP contribution in [-0.2, 0) is 4.74 Å². The van der Waals surface area contributed by atoms with Gasteiger partial charge in [0.05, 0.1) is 12.7 Å². The predicted octanol–water partition coefficient (Wildman–Crippen LogP) is 3.11. The average Bonchev–Trinajstić information content (AvgIpc) is 2.45. The Morgan fingerprint density at radius 1 is 1.32 bits per heavy atom. The predicted molar refractivity (Wildman–Crippen MR) is 80.4 cm³/mol. The van der Waals surface area contributed by atoms with Crippen molar-refractivity contribution in [3.8, 4) is 0 Å². The number of hydrogen-bond donors (Lipinski definition) is 2. The van der Waals surface area contributed by atoms with Gasteiger partial charge in [-0.05, 0) is 45.1 Å². The van der Waals surface area contributed by atoms with E-state index in [1.165, 1.54) is 32.1 Å². The van der Waals surface area contributed by atoms with Crippen LogP contribution >= 0.6 is 0 Å². The monoisotopic (exact) mass is 271 g/mol. The molecule has 1 aliphatic rings. The summed E-state index contributed by atoms with van der Waals surface area (Å²) in [5.41, 5.74) is -0.186. The first-order chi connectivity index (χ1) is 9.13. The number of ether oxygens (including phenoxy) is 1. The third-order valence-electron chi connectivity index (χ3n) is 4.47. The molecule has 0 saturated heterocycles. The molecule has 0 aliphatic heterocycles. The van der Waals surface area contributed by atoms with Crippen LogP contribution in [0, 0.1) is 5.92 Å². The van der Waals surface area contributed by atoms with Gasteiger partial charge >= 0.3 is 0 Å². The van der Waals surface area contributed by atoms with Gasteiger partial charge in [-0.25, -0.2) is 0 Å². The van der Waals surface area contributed by atoms with E-state index in [1.54, 1.807) is 0 Å². The molecule has 19 heavy (non-hydrogen) atoms. The van der Waals surface area contributed by atoms with Gasteiger partial charge in [-0.15, -0.1) is 0 Å². The highest BCUT2D eigenvalue weighted by Gasteiger charge is 2.24. The molecule has 0 radical (unpaired) electrons. The second-order valence-electron chi connectivity index (χ2n) is 6.33. The molecular weight excluding hydrogens is 238 g/mol. The summed E-state index contributed by atoms with van der Waals surface area (Å²) >= 11 is 0. The van der Waals surface area contributed by atoms with Crippen molar-refractivity contribution in [3.05, 3.63) is 0 Å². The summed E-state index contributed by atoms with van der Waals surface area (Å²) in [7, 11) is 0. The molecule has 0 bridgehead atoms. The zero-order valence-corrected chi connectivity index (χ0v) is 13.1. The van der Waals surface area contributed by atoms with Gasteiger partial charge in [0, 0.05) is 12.1 Å². The van der Waals surface area contributed by atoms with Gasteiger partial charge in [-0.1, -0.05) is 33.1 Å². The lowest BCUT2D eigenvalue weighted by Gasteiger charge is -2.32. The molecule has 0 heterocycles. The Kier molecular flexibility index (Phi) is 7.96. The van der Waals surface area contributed by atoms with E-state index in [-0.39, 0.29) is 12.1 Å². The zero-order valence-electron chi connectivity index (χ0n) is 13.1. The maximum absolute atomic E-state index is 9.51. The quantitative estimate of drug-likeness (QED) is 0.677. The summed E-state index contributed by atoms with van der Waals surface area (Å²) in [5, 5.41) is 12.9. The van der Waals surface area contributed by atoms with Crippen molar-refractivity contribution in [2.75, 3.05) is 19.8 Å². The van der Waals surface area contributed by atoms with Crippen LogP contribution in [0.15, 0.2) is 0 Å². The second-order valence-corrected chi connectivity index (χ2v) is 6.33. The van der Waals surface area contributed by atoms with E-state index in [4.69, 9.17) is 4.74 Å². The Labute approximate surface area is 119 Å². The molecule has 0 amide bonds. The standard InChI is InChI=1S/C16H33NO2/c1-4-10-17-16(3,13-18)9-11-19-15-8-6-7-14(5-2)12-15/h14-15,17-18H,4-13H2,1-3H3. The molecule has 0 spiro atoms. The Bertz CT molecular complexity index is 235. The van der Waals surface area contributed by atoms with Crippen molar-refractivity contribution in [3.63, 3.8) is 0 Å². The van der Waals surface area contributed by atoms with E-state index in [1.807, 2.05) is 0 Å². The van der Waals surface area contributed by atoms with Crippen LogP contribution in [0.25, 0.3) is 0 Å². The van der Waals surface area contributed by atoms with E-state index in [0.29, 0.717) is 6.10 Å².